The second-order valence-electron chi connectivity index (χ2n) is 6.58. The first kappa shape index (κ1) is 21.3. The van der Waals surface area contributed by atoms with E-state index in [2.05, 4.69) is 5.32 Å². The molecule has 28 heavy (non-hydrogen) atoms. The van der Waals surface area contributed by atoms with Gasteiger partial charge in [-0.2, -0.15) is 0 Å². The molecule has 0 heterocycles. The van der Waals surface area contributed by atoms with Crippen molar-refractivity contribution in [2.24, 2.45) is 0 Å². The number of carbonyl (C=O) groups is 2. The first-order valence-corrected chi connectivity index (χ1v) is 9.36. The summed E-state index contributed by atoms with van der Waals surface area (Å²) in [6, 6.07) is 14.3. The molecule has 2 rings (SSSR count). The van der Waals surface area contributed by atoms with Crippen LogP contribution in [0.2, 0.25) is 0 Å². The molecule has 0 saturated heterocycles. The minimum atomic E-state index is -0.234. The van der Waals surface area contributed by atoms with E-state index in [9.17, 15) is 9.59 Å². The summed E-state index contributed by atoms with van der Waals surface area (Å²) < 4.78 is 11.1. The number of nitrogens with zero attached hydrogens (tertiary/aromatic N) is 1. The van der Waals surface area contributed by atoms with Gasteiger partial charge < -0.3 is 19.7 Å². The van der Waals surface area contributed by atoms with Gasteiger partial charge in [-0.3, -0.25) is 9.59 Å². The molecule has 150 valence electrons. The molecule has 0 fully saturated rings. The van der Waals surface area contributed by atoms with Crippen molar-refractivity contribution < 1.29 is 19.1 Å². The Morgan fingerprint density at radius 2 is 1.82 bits per heavy atom. The van der Waals surface area contributed by atoms with E-state index < -0.39 is 0 Å². The zero-order valence-corrected chi connectivity index (χ0v) is 16.9. The first-order chi connectivity index (χ1) is 13.5. The third kappa shape index (κ3) is 5.74. The number of hydrogen-bond acceptors (Lipinski definition) is 4. The van der Waals surface area contributed by atoms with Gasteiger partial charge in [0, 0.05) is 12.6 Å². The monoisotopic (exact) mass is 384 g/mol. The Morgan fingerprint density at radius 3 is 2.46 bits per heavy atom. The maximum atomic E-state index is 12.4. The van der Waals surface area contributed by atoms with Crippen LogP contribution in [0.1, 0.15) is 42.2 Å². The molecule has 1 atom stereocenters. The Hall–Kier alpha value is -3.02. The van der Waals surface area contributed by atoms with Gasteiger partial charge in [-0.1, -0.05) is 31.2 Å². The molecule has 1 unspecified atom stereocenters. The molecule has 2 aromatic rings. The van der Waals surface area contributed by atoms with Gasteiger partial charge in [-0.25, -0.2) is 0 Å². The van der Waals surface area contributed by atoms with Crippen LogP contribution in [-0.2, 0) is 4.79 Å². The number of nitrogens with one attached hydrogen (secondary N) is 1. The average Bonchev–Trinajstić information content (AvgIpc) is 2.71. The van der Waals surface area contributed by atoms with E-state index in [0.29, 0.717) is 23.7 Å². The summed E-state index contributed by atoms with van der Waals surface area (Å²) in [5.41, 5.74) is 1.45. The lowest BCUT2D eigenvalue weighted by atomic mass is 10.1. The molecule has 0 bridgehead atoms. The Balaban J connectivity index is 1.97. The molecular formula is C22H28N2O4. The normalized spacial score (nSPS) is 11.4. The van der Waals surface area contributed by atoms with Crippen molar-refractivity contribution in [3.05, 3.63) is 59.7 Å². The van der Waals surface area contributed by atoms with E-state index in [0.717, 1.165) is 12.0 Å². The van der Waals surface area contributed by atoms with E-state index in [1.54, 1.807) is 38.4 Å². The summed E-state index contributed by atoms with van der Waals surface area (Å²) >= 11 is 0. The van der Waals surface area contributed by atoms with Crippen LogP contribution in [0.4, 0.5) is 0 Å². The summed E-state index contributed by atoms with van der Waals surface area (Å²) in [6.07, 6.45) is 0.909. The first-order valence-electron chi connectivity index (χ1n) is 9.36. The van der Waals surface area contributed by atoms with Crippen LogP contribution >= 0.6 is 0 Å². The number of hydrogen-bond donors (Lipinski definition) is 1. The second-order valence-corrected chi connectivity index (χ2v) is 6.58. The summed E-state index contributed by atoms with van der Waals surface area (Å²) in [4.78, 5) is 26.1. The molecule has 6 heteroatoms. The van der Waals surface area contributed by atoms with Gasteiger partial charge in [-0.05, 0) is 43.2 Å². The van der Waals surface area contributed by atoms with Gasteiger partial charge in [0.05, 0.1) is 26.3 Å². The van der Waals surface area contributed by atoms with Gasteiger partial charge in [0.2, 0.25) is 5.91 Å². The topological polar surface area (TPSA) is 67.9 Å². The molecule has 1 N–H and O–H groups in total. The van der Waals surface area contributed by atoms with Crippen LogP contribution < -0.4 is 14.8 Å². The van der Waals surface area contributed by atoms with Gasteiger partial charge in [0.15, 0.2) is 11.5 Å². The predicted molar refractivity (Wildman–Crippen MR) is 109 cm³/mol. The quantitative estimate of drug-likeness (QED) is 0.719. The number of rotatable bonds is 9. The van der Waals surface area contributed by atoms with Crippen molar-refractivity contribution in [2.45, 2.75) is 26.3 Å². The Bertz CT molecular complexity index is 792. The van der Waals surface area contributed by atoms with Crippen molar-refractivity contribution in [3.63, 3.8) is 0 Å². The highest BCUT2D eigenvalue weighted by Crippen LogP contribution is 2.30. The van der Waals surface area contributed by atoms with Crippen LogP contribution in [-0.4, -0.2) is 44.0 Å². The summed E-state index contributed by atoms with van der Waals surface area (Å²) in [5.74, 6) is 0.885. The van der Waals surface area contributed by atoms with Gasteiger partial charge >= 0.3 is 0 Å². The maximum absolute atomic E-state index is 12.4. The smallest absolute Gasteiger partial charge is 0.254 e. The van der Waals surface area contributed by atoms with Crippen molar-refractivity contribution in [2.75, 3.05) is 27.3 Å². The molecule has 0 aliphatic heterocycles. The standard InChI is InChI=1S/C22H28N2O4/c1-5-13-28-19-12-11-18(14-20(19)27-4)16(2)23-21(25)15-24(3)22(26)17-9-7-6-8-10-17/h6-12,14,16H,5,13,15H2,1-4H3,(H,23,25). The van der Waals surface area contributed by atoms with E-state index in [1.807, 2.05) is 38.1 Å². The Morgan fingerprint density at radius 1 is 1.11 bits per heavy atom. The third-order valence-corrected chi connectivity index (χ3v) is 4.28. The number of amides is 2. The Labute approximate surface area is 166 Å². The molecule has 0 aliphatic rings. The lowest BCUT2D eigenvalue weighted by molar-refractivity contribution is -0.122. The molecule has 6 nitrogen and oxygen atoms in total. The van der Waals surface area contributed by atoms with Crippen molar-refractivity contribution in [1.29, 1.82) is 0 Å². The zero-order valence-electron chi connectivity index (χ0n) is 16.9. The highest BCUT2D eigenvalue weighted by Gasteiger charge is 2.17. The number of methoxy groups -OCH3 is 1. The van der Waals surface area contributed by atoms with Crippen LogP contribution in [0.15, 0.2) is 48.5 Å². The summed E-state index contributed by atoms with van der Waals surface area (Å²) in [7, 11) is 3.20. The molecule has 0 aliphatic carbocycles. The molecule has 2 amide bonds. The minimum absolute atomic E-state index is 0.0209. The van der Waals surface area contributed by atoms with Crippen LogP contribution in [0.3, 0.4) is 0 Å². The fourth-order valence-corrected chi connectivity index (χ4v) is 2.74. The second kappa shape index (κ2) is 10.3. The SMILES string of the molecule is CCCOc1ccc(C(C)NC(=O)CN(C)C(=O)c2ccccc2)cc1OC. The van der Waals surface area contributed by atoms with Crippen LogP contribution in [0.5, 0.6) is 11.5 Å². The van der Waals surface area contributed by atoms with Crippen molar-refractivity contribution in [3.8, 4) is 11.5 Å². The fourth-order valence-electron chi connectivity index (χ4n) is 2.74. The average molecular weight is 384 g/mol. The van der Waals surface area contributed by atoms with Gasteiger partial charge in [0.1, 0.15) is 0 Å². The molecule has 0 spiro atoms. The Kier molecular flexibility index (Phi) is 7.87. The largest absolute Gasteiger partial charge is 0.493 e. The number of benzene rings is 2. The molecule has 0 saturated carbocycles. The zero-order chi connectivity index (χ0) is 20.5. The van der Waals surface area contributed by atoms with Crippen molar-refractivity contribution in [1.82, 2.24) is 10.2 Å². The highest BCUT2D eigenvalue weighted by atomic mass is 16.5. The van der Waals surface area contributed by atoms with Gasteiger partial charge in [-0.15, -0.1) is 0 Å². The number of likely N-dealkylation sites (N-methyl/N-ethyl adjacent to an activating group) is 1. The minimum Gasteiger partial charge on any atom is -0.493 e. The van der Waals surface area contributed by atoms with E-state index >= 15 is 0 Å². The lowest BCUT2D eigenvalue weighted by Crippen LogP contribution is -2.39. The lowest BCUT2D eigenvalue weighted by Gasteiger charge is -2.20. The van der Waals surface area contributed by atoms with E-state index in [4.69, 9.17) is 9.47 Å². The van der Waals surface area contributed by atoms with Crippen molar-refractivity contribution >= 4 is 11.8 Å². The number of carbonyl (C=O) groups excluding carboxylic acids is 2. The molecule has 2 aromatic carbocycles. The highest BCUT2D eigenvalue weighted by molar-refractivity contribution is 5.96. The van der Waals surface area contributed by atoms with Gasteiger partial charge in [0.25, 0.3) is 5.91 Å². The van der Waals surface area contributed by atoms with E-state index in [1.165, 1.54) is 4.90 Å². The van der Waals surface area contributed by atoms with Crippen LogP contribution in [0.25, 0.3) is 0 Å². The summed E-state index contributed by atoms with van der Waals surface area (Å²) in [6.45, 7) is 4.52. The maximum Gasteiger partial charge on any atom is 0.254 e. The summed E-state index contributed by atoms with van der Waals surface area (Å²) in [5, 5.41) is 2.92. The third-order valence-electron chi connectivity index (χ3n) is 4.28. The van der Waals surface area contributed by atoms with Crippen LogP contribution in [0, 0.1) is 0 Å². The fraction of sp³-hybridized carbons (Fsp3) is 0.364. The van der Waals surface area contributed by atoms with E-state index in [-0.39, 0.29) is 24.4 Å². The molecular weight excluding hydrogens is 356 g/mol. The molecule has 0 radical (unpaired) electrons. The molecule has 0 aromatic heterocycles. The predicted octanol–water partition coefficient (Wildman–Crippen LogP) is 3.43. The number of ether oxygens (including phenoxy) is 2.